The smallest absolute Gasteiger partial charge is 0.191 e. The standard InChI is InChI=1S/C21H12ClFN4O/c22-17-9-13(11-27-8-7-25-21(17)27)15-10-16-18(28)5-6-24-20(16)26-19(15)12-1-3-14(23)4-2-12/h1-11H,(H,24,26,28). The first-order chi connectivity index (χ1) is 13.6. The molecule has 0 amide bonds. The Bertz CT molecular complexity index is 1410. The maximum Gasteiger partial charge on any atom is 0.191 e. The minimum atomic E-state index is -0.331. The second-order valence-corrected chi connectivity index (χ2v) is 6.77. The third-order valence-corrected chi connectivity index (χ3v) is 4.89. The van der Waals surface area contributed by atoms with Gasteiger partial charge in [-0.15, -0.1) is 0 Å². The summed E-state index contributed by atoms with van der Waals surface area (Å²) < 4.78 is 15.2. The molecule has 1 N–H and O–H groups in total. The first-order valence-corrected chi connectivity index (χ1v) is 8.89. The molecule has 0 bridgehead atoms. The van der Waals surface area contributed by atoms with Gasteiger partial charge in [-0.2, -0.15) is 0 Å². The van der Waals surface area contributed by atoms with Crippen molar-refractivity contribution in [2.75, 3.05) is 0 Å². The minimum Gasteiger partial charge on any atom is -0.346 e. The summed E-state index contributed by atoms with van der Waals surface area (Å²) in [5, 5.41) is 0.944. The topological polar surface area (TPSA) is 63.0 Å². The van der Waals surface area contributed by atoms with E-state index in [0.29, 0.717) is 33.0 Å². The molecule has 7 heteroatoms. The number of aromatic amines is 1. The Morgan fingerprint density at radius 1 is 1.07 bits per heavy atom. The van der Waals surface area contributed by atoms with E-state index in [0.717, 1.165) is 11.1 Å². The van der Waals surface area contributed by atoms with E-state index in [1.54, 1.807) is 42.9 Å². The number of rotatable bonds is 2. The van der Waals surface area contributed by atoms with Crippen molar-refractivity contribution in [3.05, 3.63) is 88.3 Å². The summed E-state index contributed by atoms with van der Waals surface area (Å²) in [6.45, 7) is 0. The molecule has 0 fully saturated rings. The van der Waals surface area contributed by atoms with E-state index in [1.165, 1.54) is 18.2 Å². The Morgan fingerprint density at radius 2 is 1.89 bits per heavy atom. The number of hydrogen-bond donors (Lipinski definition) is 1. The quantitative estimate of drug-likeness (QED) is 0.475. The van der Waals surface area contributed by atoms with Crippen LogP contribution in [-0.4, -0.2) is 19.4 Å². The van der Waals surface area contributed by atoms with E-state index in [1.807, 2.05) is 10.6 Å². The number of nitrogens with zero attached hydrogens (tertiary/aromatic N) is 3. The van der Waals surface area contributed by atoms with E-state index in [-0.39, 0.29) is 11.2 Å². The molecule has 4 heterocycles. The van der Waals surface area contributed by atoms with Crippen LogP contribution in [0, 0.1) is 5.82 Å². The fourth-order valence-corrected chi connectivity index (χ4v) is 3.55. The summed E-state index contributed by atoms with van der Waals surface area (Å²) >= 11 is 6.40. The van der Waals surface area contributed by atoms with E-state index in [9.17, 15) is 9.18 Å². The van der Waals surface area contributed by atoms with Crippen LogP contribution in [0.4, 0.5) is 4.39 Å². The molecule has 5 rings (SSSR count). The van der Waals surface area contributed by atoms with Crippen LogP contribution < -0.4 is 5.43 Å². The molecule has 0 saturated heterocycles. The highest BCUT2D eigenvalue weighted by molar-refractivity contribution is 6.33. The number of hydrogen-bond acceptors (Lipinski definition) is 3. The van der Waals surface area contributed by atoms with Gasteiger partial charge in [0.25, 0.3) is 0 Å². The maximum atomic E-state index is 13.4. The molecule has 136 valence electrons. The molecular formula is C21H12ClFN4O. The molecule has 28 heavy (non-hydrogen) atoms. The second-order valence-electron chi connectivity index (χ2n) is 6.36. The summed E-state index contributed by atoms with van der Waals surface area (Å²) in [5.41, 5.74) is 3.80. The van der Waals surface area contributed by atoms with Crippen molar-refractivity contribution >= 4 is 28.3 Å². The van der Waals surface area contributed by atoms with Crippen molar-refractivity contribution in [1.82, 2.24) is 19.4 Å². The lowest BCUT2D eigenvalue weighted by atomic mass is 9.99. The molecule has 0 spiro atoms. The Balaban J connectivity index is 1.86. The Kier molecular flexibility index (Phi) is 3.74. The van der Waals surface area contributed by atoms with Crippen molar-refractivity contribution in [3.8, 4) is 22.4 Å². The summed E-state index contributed by atoms with van der Waals surface area (Å²) in [6, 6.07) is 11.1. The minimum absolute atomic E-state index is 0.136. The zero-order valence-electron chi connectivity index (χ0n) is 14.4. The number of H-pyrrole nitrogens is 1. The highest BCUT2D eigenvalue weighted by Gasteiger charge is 2.15. The third-order valence-electron chi connectivity index (χ3n) is 4.61. The van der Waals surface area contributed by atoms with Gasteiger partial charge in [-0.1, -0.05) is 11.6 Å². The number of aromatic nitrogens is 4. The van der Waals surface area contributed by atoms with Crippen molar-refractivity contribution in [2.24, 2.45) is 0 Å². The van der Waals surface area contributed by atoms with Crippen LogP contribution in [0.2, 0.25) is 5.02 Å². The molecule has 0 aliphatic heterocycles. The van der Waals surface area contributed by atoms with E-state index < -0.39 is 0 Å². The van der Waals surface area contributed by atoms with Gasteiger partial charge in [0.05, 0.1) is 16.1 Å². The van der Waals surface area contributed by atoms with Gasteiger partial charge in [0, 0.05) is 47.5 Å². The van der Waals surface area contributed by atoms with Crippen LogP contribution in [0.3, 0.4) is 0 Å². The highest BCUT2D eigenvalue weighted by atomic mass is 35.5. The average Bonchev–Trinajstić information content (AvgIpc) is 3.17. The van der Waals surface area contributed by atoms with Gasteiger partial charge in [0.2, 0.25) is 0 Å². The fraction of sp³-hybridized carbons (Fsp3) is 0. The first-order valence-electron chi connectivity index (χ1n) is 8.51. The number of halogens is 2. The summed E-state index contributed by atoms with van der Waals surface area (Å²) in [4.78, 5) is 24.2. The van der Waals surface area contributed by atoms with E-state index in [2.05, 4.69) is 15.0 Å². The first kappa shape index (κ1) is 16.6. The monoisotopic (exact) mass is 390 g/mol. The largest absolute Gasteiger partial charge is 0.346 e. The van der Waals surface area contributed by atoms with Gasteiger partial charge in [0.1, 0.15) is 11.5 Å². The molecule has 0 aliphatic rings. The molecule has 5 aromatic rings. The number of imidazole rings is 1. The van der Waals surface area contributed by atoms with Crippen LogP contribution in [0.25, 0.3) is 39.1 Å². The molecule has 0 atom stereocenters. The zero-order valence-corrected chi connectivity index (χ0v) is 15.1. The highest BCUT2D eigenvalue weighted by Crippen LogP contribution is 2.34. The molecule has 5 nitrogen and oxygen atoms in total. The van der Waals surface area contributed by atoms with Crippen molar-refractivity contribution in [2.45, 2.75) is 0 Å². The Hall–Kier alpha value is -3.51. The van der Waals surface area contributed by atoms with Crippen molar-refractivity contribution in [1.29, 1.82) is 0 Å². The lowest BCUT2D eigenvalue weighted by molar-refractivity contribution is 0.628. The van der Waals surface area contributed by atoms with Gasteiger partial charge < -0.3 is 9.38 Å². The third kappa shape index (κ3) is 2.66. The van der Waals surface area contributed by atoms with E-state index >= 15 is 0 Å². The molecule has 0 saturated carbocycles. The normalized spacial score (nSPS) is 11.4. The van der Waals surface area contributed by atoms with Gasteiger partial charge in [-0.05, 0) is 36.4 Å². The Morgan fingerprint density at radius 3 is 2.71 bits per heavy atom. The summed E-state index contributed by atoms with van der Waals surface area (Å²) in [5.74, 6) is -0.331. The molecular weight excluding hydrogens is 379 g/mol. The van der Waals surface area contributed by atoms with Crippen LogP contribution in [0.5, 0.6) is 0 Å². The number of nitrogens with one attached hydrogen (secondary N) is 1. The number of benzene rings is 1. The molecule has 0 aliphatic carbocycles. The maximum absolute atomic E-state index is 13.4. The predicted octanol–water partition coefficient (Wildman–Crippen LogP) is 4.70. The lowest BCUT2D eigenvalue weighted by Crippen LogP contribution is -2.03. The zero-order chi connectivity index (χ0) is 19.3. The van der Waals surface area contributed by atoms with Crippen LogP contribution in [0.15, 0.2) is 72.0 Å². The summed E-state index contributed by atoms with van der Waals surface area (Å²) in [7, 11) is 0. The number of pyridine rings is 3. The molecule has 0 unspecified atom stereocenters. The van der Waals surface area contributed by atoms with Gasteiger partial charge in [-0.25, -0.2) is 14.4 Å². The molecule has 1 aromatic carbocycles. The van der Waals surface area contributed by atoms with E-state index in [4.69, 9.17) is 11.6 Å². The van der Waals surface area contributed by atoms with Crippen LogP contribution in [0.1, 0.15) is 0 Å². The molecule has 0 radical (unpaired) electrons. The van der Waals surface area contributed by atoms with Crippen LogP contribution >= 0.6 is 11.6 Å². The SMILES string of the molecule is O=c1cc[nH]c2nc(-c3ccc(F)cc3)c(-c3cc(Cl)c4nccn4c3)cc12. The fourth-order valence-electron chi connectivity index (χ4n) is 3.28. The predicted molar refractivity (Wildman–Crippen MR) is 107 cm³/mol. The van der Waals surface area contributed by atoms with Crippen molar-refractivity contribution in [3.63, 3.8) is 0 Å². The average molecular weight is 391 g/mol. The van der Waals surface area contributed by atoms with Crippen LogP contribution in [-0.2, 0) is 0 Å². The van der Waals surface area contributed by atoms with Crippen molar-refractivity contribution < 1.29 is 4.39 Å². The van der Waals surface area contributed by atoms with Gasteiger partial charge in [-0.3, -0.25) is 4.79 Å². The second kappa shape index (κ2) is 6.28. The Labute approximate surface area is 163 Å². The van der Waals surface area contributed by atoms with Gasteiger partial charge >= 0.3 is 0 Å². The van der Waals surface area contributed by atoms with Gasteiger partial charge in [0.15, 0.2) is 11.1 Å². The lowest BCUT2D eigenvalue weighted by Gasteiger charge is -2.12. The number of fused-ring (bicyclic) bond motifs is 2. The molecule has 4 aromatic heterocycles. The summed E-state index contributed by atoms with van der Waals surface area (Å²) in [6.07, 6.45) is 6.89.